The number of nitrogens with zero attached hydrogens (tertiary/aromatic N) is 1. The van der Waals surface area contributed by atoms with Gasteiger partial charge < -0.3 is 11.1 Å². The van der Waals surface area contributed by atoms with E-state index in [-0.39, 0.29) is 11.5 Å². The van der Waals surface area contributed by atoms with E-state index in [0.29, 0.717) is 17.6 Å². The fraction of sp³-hybridized carbons (Fsp3) is 0.333. The molecule has 16 heavy (non-hydrogen) atoms. The van der Waals surface area contributed by atoms with Crippen molar-refractivity contribution in [1.82, 2.24) is 9.55 Å². The van der Waals surface area contributed by atoms with Crippen LogP contribution in [0.25, 0.3) is 0 Å². The zero-order chi connectivity index (χ0) is 12.3. The number of aromatic nitrogens is 2. The van der Waals surface area contributed by atoms with Crippen LogP contribution in [-0.4, -0.2) is 16.1 Å². The van der Waals surface area contributed by atoms with Gasteiger partial charge in [0.25, 0.3) is 5.56 Å². The first-order chi connectivity index (χ1) is 7.47. The van der Waals surface area contributed by atoms with E-state index < -0.39 is 11.2 Å². The van der Waals surface area contributed by atoms with E-state index in [1.807, 2.05) is 0 Å². The molecule has 0 aliphatic rings. The van der Waals surface area contributed by atoms with E-state index in [4.69, 9.17) is 5.73 Å². The fourth-order valence-corrected chi connectivity index (χ4v) is 1.40. The van der Waals surface area contributed by atoms with Gasteiger partial charge in [-0.1, -0.05) is 22.5 Å². The van der Waals surface area contributed by atoms with Crippen molar-refractivity contribution >= 4 is 27.4 Å². The van der Waals surface area contributed by atoms with Crippen LogP contribution >= 0.6 is 15.9 Å². The lowest BCUT2D eigenvalue weighted by atomic mass is 10.4. The number of aromatic amines is 1. The summed E-state index contributed by atoms with van der Waals surface area (Å²) in [6.45, 7) is 6.14. The predicted molar refractivity (Wildman–Crippen MR) is 68.0 cm³/mol. The minimum atomic E-state index is -0.527. The Hall–Kier alpha value is -1.50. The van der Waals surface area contributed by atoms with Crippen LogP contribution in [-0.2, 0) is 6.54 Å². The molecule has 88 valence electrons. The van der Waals surface area contributed by atoms with Crippen LogP contribution in [0.3, 0.4) is 0 Å². The van der Waals surface area contributed by atoms with Crippen LogP contribution in [0.4, 0.5) is 11.5 Å². The summed E-state index contributed by atoms with van der Waals surface area (Å²) < 4.78 is 1.96. The van der Waals surface area contributed by atoms with Gasteiger partial charge in [-0.2, -0.15) is 0 Å². The summed E-state index contributed by atoms with van der Waals surface area (Å²) in [5, 5.41) is 2.81. The van der Waals surface area contributed by atoms with E-state index in [1.165, 1.54) is 4.57 Å². The van der Waals surface area contributed by atoms with Gasteiger partial charge in [-0.3, -0.25) is 14.3 Å². The van der Waals surface area contributed by atoms with Crippen LogP contribution in [0.1, 0.15) is 6.92 Å². The molecule has 0 saturated carbocycles. The highest BCUT2D eigenvalue weighted by Gasteiger charge is 2.10. The maximum Gasteiger partial charge on any atom is 0.330 e. The van der Waals surface area contributed by atoms with Crippen LogP contribution in [0.5, 0.6) is 0 Å². The van der Waals surface area contributed by atoms with Gasteiger partial charge in [0.05, 0.1) is 0 Å². The van der Waals surface area contributed by atoms with E-state index in [9.17, 15) is 9.59 Å². The maximum atomic E-state index is 11.5. The molecule has 0 spiro atoms. The highest BCUT2D eigenvalue weighted by atomic mass is 79.9. The predicted octanol–water partition coefficient (Wildman–Crippen LogP) is 0.459. The summed E-state index contributed by atoms with van der Waals surface area (Å²) in [4.78, 5) is 25.0. The minimum absolute atomic E-state index is 0.130. The molecular weight excluding hydrogens is 276 g/mol. The van der Waals surface area contributed by atoms with Gasteiger partial charge in [-0.15, -0.1) is 0 Å². The zero-order valence-electron chi connectivity index (χ0n) is 8.84. The number of hydrogen-bond acceptors (Lipinski definition) is 4. The molecular formula is C9H13BrN4O2. The summed E-state index contributed by atoms with van der Waals surface area (Å²) in [5.41, 5.74) is 4.87. The lowest BCUT2D eigenvalue weighted by Crippen LogP contribution is -2.33. The molecule has 1 aromatic rings. The van der Waals surface area contributed by atoms with Crippen molar-refractivity contribution in [1.29, 1.82) is 0 Å². The van der Waals surface area contributed by atoms with Crippen LogP contribution in [0, 0.1) is 0 Å². The zero-order valence-corrected chi connectivity index (χ0v) is 10.4. The monoisotopic (exact) mass is 288 g/mol. The van der Waals surface area contributed by atoms with Crippen molar-refractivity contribution in [2.75, 3.05) is 17.6 Å². The van der Waals surface area contributed by atoms with Crippen LogP contribution in [0.15, 0.2) is 20.7 Å². The number of rotatable bonds is 4. The number of hydrogen-bond donors (Lipinski definition) is 3. The third-order valence-electron chi connectivity index (χ3n) is 2.01. The number of nitrogens with one attached hydrogen (secondary N) is 2. The molecule has 7 heteroatoms. The molecule has 0 amide bonds. The summed E-state index contributed by atoms with van der Waals surface area (Å²) in [5.74, 6) is 0.130. The number of nitrogen functional groups attached to an aromatic ring is 1. The highest BCUT2D eigenvalue weighted by Crippen LogP contribution is 2.11. The highest BCUT2D eigenvalue weighted by molar-refractivity contribution is 9.11. The SMILES string of the molecule is C=C(Br)CNc1c(N)n(CC)c(=O)[nH]c1=O. The van der Waals surface area contributed by atoms with Gasteiger partial charge in [0.15, 0.2) is 0 Å². The fourth-order valence-electron chi connectivity index (χ4n) is 1.26. The summed E-state index contributed by atoms with van der Waals surface area (Å²) in [6, 6.07) is 0. The second-order valence-electron chi connectivity index (χ2n) is 3.13. The lowest BCUT2D eigenvalue weighted by molar-refractivity contribution is 0.706. The van der Waals surface area contributed by atoms with E-state index >= 15 is 0 Å². The first-order valence-corrected chi connectivity index (χ1v) is 5.46. The van der Waals surface area contributed by atoms with Crippen molar-refractivity contribution in [3.63, 3.8) is 0 Å². The van der Waals surface area contributed by atoms with Gasteiger partial charge in [-0.05, 0) is 6.92 Å². The topological polar surface area (TPSA) is 92.9 Å². The smallest absolute Gasteiger partial charge is 0.330 e. The van der Waals surface area contributed by atoms with Gasteiger partial charge in [-0.25, -0.2) is 4.79 Å². The Labute approximate surface area is 100 Å². The average molecular weight is 289 g/mol. The molecule has 1 rings (SSSR count). The van der Waals surface area contributed by atoms with E-state index in [1.54, 1.807) is 6.92 Å². The standard InChI is InChI=1S/C9H13BrN4O2/c1-3-14-7(11)6(12-4-5(2)10)8(15)13-9(14)16/h12H,2-4,11H2,1H3,(H,13,15,16). The molecule has 1 aromatic heterocycles. The Kier molecular flexibility index (Phi) is 3.94. The molecule has 0 aliphatic heterocycles. The Morgan fingerprint density at radius 1 is 1.62 bits per heavy atom. The molecule has 0 saturated heterocycles. The quantitative estimate of drug-likeness (QED) is 0.750. The van der Waals surface area contributed by atoms with E-state index in [0.717, 1.165) is 0 Å². The Morgan fingerprint density at radius 2 is 2.25 bits per heavy atom. The number of anilines is 2. The third-order valence-corrected chi connectivity index (χ3v) is 2.29. The lowest BCUT2D eigenvalue weighted by Gasteiger charge is -2.11. The Balaban J connectivity index is 3.23. The van der Waals surface area contributed by atoms with Crippen molar-refractivity contribution in [3.8, 4) is 0 Å². The van der Waals surface area contributed by atoms with Crippen molar-refractivity contribution in [3.05, 3.63) is 31.9 Å². The summed E-state index contributed by atoms with van der Waals surface area (Å²) >= 11 is 3.15. The van der Waals surface area contributed by atoms with E-state index in [2.05, 4.69) is 32.8 Å². The summed E-state index contributed by atoms with van der Waals surface area (Å²) in [6.07, 6.45) is 0. The first kappa shape index (κ1) is 12.6. The normalized spacial score (nSPS) is 10.1. The molecule has 0 atom stereocenters. The summed E-state index contributed by atoms with van der Waals surface area (Å²) in [7, 11) is 0. The van der Waals surface area contributed by atoms with Crippen molar-refractivity contribution in [2.24, 2.45) is 0 Å². The molecule has 6 nitrogen and oxygen atoms in total. The van der Waals surface area contributed by atoms with Gasteiger partial charge >= 0.3 is 5.69 Å². The largest absolute Gasteiger partial charge is 0.383 e. The Bertz CT molecular complexity index is 517. The molecule has 0 fully saturated rings. The molecule has 0 aliphatic carbocycles. The molecule has 0 bridgehead atoms. The molecule has 0 radical (unpaired) electrons. The average Bonchev–Trinajstić information content (AvgIpc) is 2.16. The number of nitrogens with two attached hydrogens (primary N) is 1. The minimum Gasteiger partial charge on any atom is -0.383 e. The van der Waals surface area contributed by atoms with Crippen LogP contribution in [0.2, 0.25) is 0 Å². The molecule has 0 unspecified atom stereocenters. The van der Waals surface area contributed by atoms with Crippen LogP contribution < -0.4 is 22.3 Å². The Morgan fingerprint density at radius 3 is 2.75 bits per heavy atom. The van der Waals surface area contributed by atoms with Gasteiger partial charge in [0.1, 0.15) is 11.5 Å². The maximum absolute atomic E-state index is 11.5. The second kappa shape index (κ2) is 5.02. The molecule has 4 N–H and O–H groups in total. The number of halogens is 1. The number of H-pyrrole nitrogens is 1. The van der Waals surface area contributed by atoms with Gasteiger partial charge in [0, 0.05) is 17.6 Å². The molecule has 1 heterocycles. The van der Waals surface area contributed by atoms with Gasteiger partial charge in [0.2, 0.25) is 0 Å². The second-order valence-corrected chi connectivity index (χ2v) is 4.26. The van der Waals surface area contributed by atoms with Crippen molar-refractivity contribution < 1.29 is 0 Å². The third kappa shape index (κ3) is 2.54. The van der Waals surface area contributed by atoms with Crippen molar-refractivity contribution in [2.45, 2.75) is 13.5 Å². The first-order valence-electron chi connectivity index (χ1n) is 4.67. The molecule has 0 aromatic carbocycles.